The van der Waals surface area contributed by atoms with Gasteiger partial charge in [0.15, 0.2) is 5.65 Å². The first-order valence-electron chi connectivity index (χ1n) is 9.91. The Balaban J connectivity index is 2.25. The molecule has 0 bridgehead atoms. The van der Waals surface area contributed by atoms with Crippen LogP contribution in [-0.2, 0) is 6.54 Å². The third-order valence-electron chi connectivity index (χ3n) is 5.17. The maximum absolute atomic E-state index is 13.3. The Morgan fingerprint density at radius 2 is 1.89 bits per heavy atom. The first kappa shape index (κ1) is 20.3. The number of likely N-dealkylation sites (tertiary alicyclic amines) is 1. The monoisotopic (exact) mass is 387 g/mol. The van der Waals surface area contributed by atoms with E-state index in [1.165, 1.54) is 4.57 Å². The van der Waals surface area contributed by atoms with E-state index in [9.17, 15) is 14.4 Å². The highest BCUT2D eigenvalue weighted by Crippen LogP contribution is 2.22. The summed E-state index contributed by atoms with van der Waals surface area (Å²) in [5, 5.41) is 0.185. The number of nitrogens with two attached hydrogens (primary N) is 1. The molecule has 8 nitrogen and oxygen atoms in total. The number of hydrogen-bond acceptors (Lipinski definition) is 5. The second-order valence-corrected chi connectivity index (χ2v) is 8.34. The number of carbonyl (C=O) groups is 1. The van der Waals surface area contributed by atoms with Crippen molar-refractivity contribution in [1.29, 1.82) is 0 Å². The van der Waals surface area contributed by atoms with Crippen molar-refractivity contribution in [2.75, 3.05) is 13.1 Å². The van der Waals surface area contributed by atoms with Gasteiger partial charge >= 0.3 is 5.69 Å². The lowest BCUT2D eigenvalue weighted by molar-refractivity contribution is 0.0716. The van der Waals surface area contributed by atoms with E-state index in [-0.39, 0.29) is 34.8 Å². The van der Waals surface area contributed by atoms with Gasteiger partial charge in [-0.1, -0.05) is 27.7 Å². The van der Waals surface area contributed by atoms with Gasteiger partial charge in [-0.2, -0.15) is 0 Å². The van der Waals surface area contributed by atoms with Gasteiger partial charge in [-0.3, -0.25) is 19.1 Å². The molecule has 1 aliphatic heterocycles. The molecule has 3 heterocycles. The van der Waals surface area contributed by atoms with Crippen molar-refractivity contribution < 1.29 is 4.79 Å². The highest BCUT2D eigenvalue weighted by atomic mass is 16.2. The number of rotatable bonds is 4. The van der Waals surface area contributed by atoms with Crippen molar-refractivity contribution >= 4 is 16.9 Å². The number of aromatic nitrogens is 3. The molecule has 1 fully saturated rings. The number of aromatic amines is 1. The first-order valence-corrected chi connectivity index (χ1v) is 9.91. The molecule has 3 N–H and O–H groups in total. The van der Waals surface area contributed by atoms with Gasteiger partial charge in [0.05, 0.1) is 10.9 Å². The third-order valence-corrected chi connectivity index (χ3v) is 5.17. The molecule has 0 radical (unpaired) electrons. The smallest absolute Gasteiger partial charge is 0.330 e. The molecule has 2 aromatic rings. The Hall–Kier alpha value is -2.48. The number of amides is 1. The van der Waals surface area contributed by atoms with Gasteiger partial charge in [0, 0.05) is 31.4 Å². The maximum atomic E-state index is 13.3. The predicted octanol–water partition coefficient (Wildman–Crippen LogP) is 1.43. The van der Waals surface area contributed by atoms with Crippen molar-refractivity contribution in [2.24, 2.45) is 11.7 Å². The Kier molecular flexibility index (Phi) is 5.69. The molecule has 0 saturated carbocycles. The zero-order valence-corrected chi connectivity index (χ0v) is 17.0. The van der Waals surface area contributed by atoms with E-state index in [0.29, 0.717) is 30.9 Å². The maximum Gasteiger partial charge on any atom is 0.330 e. The van der Waals surface area contributed by atoms with Gasteiger partial charge < -0.3 is 10.6 Å². The van der Waals surface area contributed by atoms with E-state index in [1.807, 2.05) is 27.7 Å². The average molecular weight is 387 g/mol. The number of pyridine rings is 1. The van der Waals surface area contributed by atoms with Gasteiger partial charge in [0.1, 0.15) is 0 Å². The quantitative estimate of drug-likeness (QED) is 0.824. The van der Waals surface area contributed by atoms with E-state index >= 15 is 0 Å². The summed E-state index contributed by atoms with van der Waals surface area (Å²) in [4.78, 5) is 47.1. The summed E-state index contributed by atoms with van der Waals surface area (Å²) in [6.07, 6.45) is 1.47. The third kappa shape index (κ3) is 3.87. The number of nitrogens with one attached hydrogen (secondary N) is 1. The molecule has 1 saturated heterocycles. The molecule has 2 aromatic heterocycles. The minimum Gasteiger partial charge on any atom is -0.339 e. The molecule has 28 heavy (non-hydrogen) atoms. The standard InChI is InChI=1S/C20H29N5O3/c1-11(2)10-25-17-16(18(26)23-20(25)28)14(9-15(22-17)12(3)4)19(27)24-7-5-13(21)6-8-24/h9,11-13H,5-8,10,21H2,1-4H3,(H,23,26,28). The van der Waals surface area contributed by atoms with Crippen molar-refractivity contribution in [2.45, 2.75) is 59.0 Å². The Labute approximate surface area is 163 Å². The number of piperidine rings is 1. The lowest BCUT2D eigenvalue weighted by Crippen LogP contribution is -2.43. The normalized spacial score (nSPS) is 15.8. The van der Waals surface area contributed by atoms with Crippen LogP contribution in [0, 0.1) is 5.92 Å². The lowest BCUT2D eigenvalue weighted by atomic mass is 10.0. The van der Waals surface area contributed by atoms with Crippen LogP contribution in [0.3, 0.4) is 0 Å². The van der Waals surface area contributed by atoms with Crippen LogP contribution >= 0.6 is 0 Å². The van der Waals surface area contributed by atoms with Gasteiger partial charge in [0.25, 0.3) is 11.5 Å². The number of nitrogens with zero attached hydrogens (tertiary/aromatic N) is 3. The molecular formula is C20H29N5O3. The first-order chi connectivity index (χ1) is 13.2. The molecule has 1 aliphatic rings. The molecule has 1 amide bonds. The minimum atomic E-state index is -0.570. The number of fused-ring (bicyclic) bond motifs is 1. The van der Waals surface area contributed by atoms with Crippen molar-refractivity contribution in [1.82, 2.24) is 19.4 Å². The SMILES string of the molecule is CC(C)Cn1c(=O)[nH]c(=O)c2c(C(=O)N3CCC(N)CC3)cc(C(C)C)nc21. The molecule has 8 heteroatoms. The predicted molar refractivity (Wildman–Crippen MR) is 109 cm³/mol. The van der Waals surface area contributed by atoms with Crippen molar-refractivity contribution in [3.63, 3.8) is 0 Å². The fourth-order valence-corrected chi connectivity index (χ4v) is 3.57. The van der Waals surface area contributed by atoms with E-state index in [2.05, 4.69) is 9.97 Å². The summed E-state index contributed by atoms with van der Waals surface area (Å²) in [5.74, 6) is 0.0214. The molecule has 0 aliphatic carbocycles. The Bertz CT molecular complexity index is 997. The highest BCUT2D eigenvalue weighted by Gasteiger charge is 2.26. The van der Waals surface area contributed by atoms with Gasteiger partial charge in [-0.25, -0.2) is 9.78 Å². The van der Waals surface area contributed by atoms with Crippen LogP contribution in [0.25, 0.3) is 11.0 Å². The largest absolute Gasteiger partial charge is 0.339 e. The number of H-pyrrole nitrogens is 1. The number of hydrogen-bond donors (Lipinski definition) is 2. The van der Waals surface area contributed by atoms with Crippen LogP contribution in [0.4, 0.5) is 0 Å². The topological polar surface area (TPSA) is 114 Å². The van der Waals surface area contributed by atoms with Gasteiger partial charge in [-0.15, -0.1) is 0 Å². The van der Waals surface area contributed by atoms with Crippen molar-refractivity contribution in [3.8, 4) is 0 Å². The zero-order chi connectivity index (χ0) is 20.6. The van der Waals surface area contributed by atoms with E-state index in [0.717, 1.165) is 12.8 Å². The molecule has 0 aromatic carbocycles. The Morgan fingerprint density at radius 3 is 2.46 bits per heavy atom. The van der Waals surface area contributed by atoms with Gasteiger partial charge in [-0.05, 0) is 30.7 Å². The summed E-state index contributed by atoms with van der Waals surface area (Å²) in [5.41, 5.74) is 6.17. The summed E-state index contributed by atoms with van der Waals surface area (Å²) < 4.78 is 1.47. The molecule has 152 valence electrons. The van der Waals surface area contributed by atoms with Crippen molar-refractivity contribution in [3.05, 3.63) is 38.2 Å². The summed E-state index contributed by atoms with van der Waals surface area (Å²) >= 11 is 0. The molecule has 0 spiro atoms. The average Bonchev–Trinajstić information content (AvgIpc) is 2.63. The molecule has 3 rings (SSSR count). The van der Waals surface area contributed by atoms with Crippen LogP contribution in [0.5, 0.6) is 0 Å². The number of carbonyl (C=O) groups excluding carboxylic acids is 1. The van der Waals surface area contributed by atoms with Crippen LogP contribution in [0.1, 0.15) is 62.5 Å². The van der Waals surface area contributed by atoms with Crippen LogP contribution < -0.4 is 17.0 Å². The highest BCUT2D eigenvalue weighted by molar-refractivity contribution is 6.05. The zero-order valence-electron chi connectivity index (χ0n) is 17.0. The van der Waals surface area contributed by atoms with Gasteiger partial charge in [0.2, 0.25) is 0 Å². The van der Waals surface area contributed by atoms with E-state index in [4.69, 9.17) is 5.73 Å². The van der Waals surface area contributed by atoms with E-state index in [1.54, 1.807) is 11.0 Å². The van der Waals surface area contributed by atoms with E-state index < -0.39 is 11.2 Å². The fraction of sp³-hybridized carbons (Fsp3) is 0.600. The lowest BCUT2D eigenvalue weighted by Gasteiger charge is -2.30. The fourth-order valence-electron chi connectivity index (χ4n) is 3.57. The van der Waals surface area contributed by atoms with Crippen LogP contribution in [0.2, 0.25) is 0 Å². The summed E-state index contributed by atoms with van der Waals surface area (Å²) in [6, 6.07) is 1.80. The van der Waals surface area contributed by atoms with Crippen LogP contribution in [-0.4, -0.2) is 44.5 Å². The molecular weight excluding hydrogens is 358 g/mol. The molecule has 0 unspecified atom stereocenters. The summed E-state index contributed by atoms with van der Waals surface area (Å²) in [7, 11) is 0. The van der Waals surface area contributed by atoms with Crippen LogP contribution in [0.15, 0.2) is 15.7 Å². The minimum absolute atomic E-state index is 0.0487. The summed E-state index contributed by atoms with van der Waals surface area (Å²) in [6.45, 7) is 9.44. The second kappa shape index (κ2) is 7.87. The molecule has 0 atom stereocenters. The Morgan fingerprint density at radius 1 is 1.25 bits per heavy atom. The second-order valence-electron chi connectivity index (χ2n) is 8.34.